The zero-order valence-electron chi connectivity index (χ0n) is 2.89. The van der Waals surface area contributed by atoms with Crippen LogP contribution in [-0.4, -0.2) is 15.0 Å². The van der Waals surface area contributed by atoms with Crippen molar-refractivity contribution >= 4 is 7.98 Å². The summed E-state index contributed by atoms with van der Waals surface area (Å²) in [6, 6.07) is 0. The molecular weight excluding hydrogens is 50.8 g/mol. The molecule has 0 aliphatic heterocycles. The van der Waals surface area contributed by atoms with E-state index in [1.54, 1.807) is 15.0 Å². The van der Waals surface area contributed by atoms with Gasteiger partial charge in [-0.1, -0.05) is 0 Å². The Labute approximate surface area is 26.4 Å². The highest BCUT2D eigenvalue weighted by Crippen LogP contribution is 1.46. The van der Waals surface area contributed by atoms with Gasteiger partial charge in [-0.05, 0) is 0 Å². The number of nitrogens with zero attached hydrogens (tertiary/aromatic N) is 2. The van der Waals surface area contributed by atoms with E-state index in [0.717, 1.165) is 0 Å². The van der Waals surface area contributed by atoms with Crippen molar-refractivity contribution < 1.29 is 0 Å². The number of hydrogen-bond acceptors (Lipinski definition) is 2. The second kappa shape index (κ2) is 2.66. The smallest absolute Gasteiger partial charge is 0.269 e. The monoisotopic (exact) mass is 56.1 g/mol. The molecule has 0 N–H and O–H groups in total. The minimum absolute atomic E-state index is 1.64. The van der Waals surface area contributed by atoms with E-state index in [4.69, 9.17) is 0 Å². The Balaban J connectivity index is 2.55. The standard InChI is InChI=1S/CH5BN2/c1-3-4-2/h2H2,1H3/b4-3+. The lowest BCUT2D eigenvalue weighted by Crippen LogP contribution is -1.42. The van der Waals surface area contributed by atoms with Gasteiger partial charge in [0.25, 0.3) is 7.98 Å². The fourth-order valence-corrected chi connectivity index (χ4v) is 0. The van der Waals surface area contributed by atoms with E-state index in [0.29, 0.717) is 0 Å². The van der Waals surface area contributed by atoms with E-state index in [1.165, 1.54) is 0 Å². The Morgan fingerprint density at radius 3 is 2.00 bits per heavy atom. The summed E-state index contributed by atoms with van der Waals surface area (Å²) in [5.74, 6) is 0. The summed E-state index contributed by atoms with van der Waals surface area (Å²) < 4.78 is 0. The highest BCUT2D eigenvalue weighted by atomic mass is 15.0. The lowest BCUT2D eigenvalue weighted by molar-refractivity contribution is 1.25. The third kappa shape index (κ3) is 1.66. The Morgan fingerprint density at radius 1 is 1.75 bits per heavy atom. The zero-order valence-corrected chi connectivity index (χ0v) is 2.89. The van der Waals surface area contributed by atoms with Gasteiger partial charge in [0.2, 0.25) is 0 Å². The minimum Gasteiger partial charge on any atom is -0.269 e. The quantitative estimate of drug-likeness (QED) is 0.267. The Kier molecular flexibility index (Phi) is 2.44. The van der Waals surface area contributed by atoms with Crippen LogP contribution in [-0.2, 0) is 0 Å². The summed E-state index contributed by atoms with van der Waals surface area (Å²) in [7, 11) is 3.28. The summed E-state index contributed by atoms with van der Waals surface area (Å²) >= 11 is 0. The third-order valence-electron chi connectivity index (χ3n) is 0.200. The maximum absolute atomic E-state index is 3.36. The van der Waals surface area contributed by atoms with E-state index in [2.05, 4.69) is 10.1 Å². The summed E-state index contributed by atoms with van der Waals surface area (Å²) in [4.78, 5) is 0. The average Bonchev–Trinajstić information content (AvgIpc) is 1.37. The normalized spacial score (nSPS) is 9.25. The first kappa shape index (κ1) is 3.66. The van der Waals surface area contributed by atoms with Gasteiger partial charge in [-0.3, -0.25) is 5.03 Å². The van der Waals surface area contributed by atoms with Gasteiger partial charge in [-0.15, -0.1) is 0 Å². The molecule has 0 spiro atoms. The van der Waals surface area contributed by atoms with Gasteiger partial charge in [0.1, 0.15) is 0 Å². The Bertz CT molecular complexity index is 21.2. The molecular formula is CH5BN2. The SMILES string of the molecule is B/N=N/C. The van der Waals surface area contributed by atoms with Crippen LogP contribution in [0.4, 0.5) is 0 Å². The first-order valence-corrected chi connectivity index (χ1v) is 1.09. The van der Waals surface area contributed by atoms with Crippen LogP contribution >= 0.6 is 0 Å². The van der Waals surface area contributed by atoms with Crippen molar-refractivity contribution in [2.45, 2.75) is 0 Å². The van der Waals surface area contributed by atoms with Crippen LogP contribution in [0.1, 0.15) is 0 Å². The molecule has 0 amide bonds. The topological polar surface area (TPSA) is 24.7 Å². The molecule has 3 heteroatoms. The maximum Gasteiger partial charge on any atom is 0.273 e. The van der Waals surface area contributed by atoms with Crippen molar-refractivity contribution in [3.05, 3.63) is 0 Å². The van der Waals surface area contributed by atoms with Gasteiger partial charge in [0, 0.05) is 7.05 Å². The van der Waals surface area contributed by atoms with Crippen molar-refractivity contribution in [2.75, 3.05) is 7.05 Å². The lowest BCUT2D eigenvalue weighted by atomic mass is 10.5. The van der Waals surface area contributed by atoms with Crippen LogP contribution in [0, 0.1) is 0 Å². The van der Waals surface area contributed by atoms with Gasteiger partial charge >= 0.3 is 0 Å². The molecule has 0 aromatic heterocycles. The van der Waals surface area contributed by atoms with Gasteiger partial charge in [0.05, 0.1) is 0 Å². The van der Waals surface area contributed by atoms with Gasteiger partial charge in [-0.2, -0.15) is 0 Å². The van der Waals surface area contributed by atoms with Crippen molar-refractivity contribution in [3.8, 4) is 0 Å². The highest BCUT2D eigenvalue weighted by molar-refractivity contribution is 6.04. The molecule has 0 aromatic carbocycles. The molecule has 0 atom stereocenters. The number of rotatable bonds is 0. The molecule has 4 heavy (non-hydrogen) atoms. The molecule has 0 aliphatic carbocycles. The Hall–Kier alpha value is -0.335. The van der Waals surface area contributed by atoms with Crippen LogP contribution < -0.4 is 0 Å². The van der Waals surface area contributed by atoms with Gasteiger partial charge < -0.3 is 0 Å². The molecule has 0 rings (SSSR count). The second-order valence-electron chi connectivity index (χ2n) is 0.400. The van der Waals surface area contributed by atoms with E-state index >= 15 is 0 Å². The van der Waals surface area contributed by atoms with Crippen LogP contribution in [0.2, 0.25) is 0 Å². The van der Waals surface area contributed by atoms with Crippen molar-refractivity contribution in [1.82, 2.24) is 0 Å². The highest BCUT2D eigenvalue weighted by Gasteiger charge is 1.33. The molecule has 0 fully saturated rings. The molecule has 0 saturated carbocycles. The molecule has 2 nitrogen and oxygen atoms in total. The molecule has 0 saturated heterocycles. The van der Waals surface area contributed by atoms with Gasteiger partial charge in [-0.25, -0.2) is 5.11 Å². The molecule has 0 heterocycles. The summed E-state index contributed by atoms with van der Waals surface area (Å²) in [6.07, 6.45) is 0. The predicted molar refractivity (Wildman–Crippen MR) is 19.3 cm³/mol. The largest absolute Gasteiger partial charge is 0.273 e. The minimum atomic E-state index is 1.64. The molecule has 0 bridgehead atoms. The molecule has 22 valence electrons. The molecule has 0 aliphatic rings. The summed E-state index contributed by atoms with van der Waals surface area (Å²) in [6.45, 7) is 0. The van der Waals surface area contributed by atoms with Crippen LogP contribution in [0.3, 0.4) is 0 Å². The third-order valence-corrected chi connectivity index (χ3v) is 0.200. The van der Waals surface area contributed by atoms with E-state index in [1.807, 2.05) is 0 Å². The first-order chi connectivity index (χ1) is 1.91. The average molecular weight is 55.9 g/mol. The van der Waals surface area contributed by atoms with Crippen molar-refractivity contribution in [1.29, 1.82) is 0 Å². The zero-order chi connectivity index (χ0) is 3.41. The van der Waals surface area contributed by atoms with Crippen LogP contribution in [0.15, 0.2) is 10.1 Å². The first-order valence-electron chi connectivity index (χ1n) is 1.09. The second-order valence-corrected chi connectivity index (χ2v) is 0.400. The van der Waals surface area contributed by atoms with Crippen molar-refractivity contribution in [3.63, 3.8) is 0 Å². The summed E-state index contributed by atoms with van der Waals surface area (Å²) in [5, 5.41) is 6.72. The van der Waals surface area contributed by atoms with E-state index in [-0.39, 0.29) is 0 Å². The van der Waals surface area contributed by atoms with Crippen LogP contribution in [0.25, 0.3) is 0 Å². The van der Waals surface area contributed by atoms with E-state index < -0.39 is 0 Å². The Morgan fingerprint density at radius 2 is 2.00 bits per heavy atom. The van der Waals surface area contributed by atoms with Crippen molar-refractivity contribution in [2.24, 2.45) is 10.1 Å². The lowest BCUT2D eigenvalue weighted by Gasteiger charge is -1.54. The molecule has 0 aromatic rings. The van der Waals surface area contributed by atoms with E-state index in [9.17, 15) is 0 Å². The maximum atomic E-state index is 3.36. The molecule has 0 unspecified atom stereocenters. The number of hydrogen-bond donors (Lipinski definition) is 0. The summed E-state index contributed by atoms with van der Waals surface area (Å²) in [5.41, 5.74) is 0. The predicted octanol–water partition coefficient (Wildman–Crippen LogP) is -0.383. The fraction of sp³-hybridized carbons (Fsp3) is 1.00. The fourth-order valence-electron chi connectivity index (χ4n) is 0. The molecule has 0 radical (unpaired) electrons. The van der Waals surface area contributed by atoms with Gasteiger partial charge in [0.15, 0.2) is 0 Å². The van der Waals surface area contributed by atoms with Crippen LogP contribution in [0.5, 0.6) is 0 Å².